The number of esters is 2. The Morgan fingerprint density at radius 3 is 2.45 bits per heavy atom. The molecule has 1 unspecified atom stereocenters. The van der Waals surface area contributed by atoms with E-state index in [-0.39, 0.29) is 17.9 Å². The largest absolute Gasteiger partial charge is 0.496 e. The summed E-state index contributed by atoms with van der Waals surface area (Å²) < 4.78 is 15.7. The maximum absolute atomic E-state index is 12.8. The van der Waals surface area contributed by atoms with Crippen molar-refractivity contribution in [3.63, 3.8) is 0 Å². The first-order chi connectivity index (χ1) is 13.7. The molecule has 29 heavy (non-hydrogen) atoms. The number of aromatic nitrogens is 1. The van der Waals surface area contributed by atoms with E-state index in [1.54, 1.807) is 39.0 Å². The monoisotopic (exact) mass is 419 g/mol. The fraction of sp³-hybridized carbons (Fsp3) is 0.381. The van der Waals surface area contributed by atoms with Gasteiger partial charge in [0, 0.05) is 10.6 Å². The lowest BCUT2D eigenvalue weighted by Gasteiger charge is -2.14. The number of H-pyrrole nitrogens is 1. The van der Waals surface area contributed by atoms with E-state index in [1.807, 2.05) is 6.26 Å². The van der Waals surface area contributed by atoms with Crippen LogP contribution in [-0.2, 0) is 9.47 Å². The number of carbonyl (C=O) groups is 3. The molecule has 0 bridgehead atoms. The highest BCUT2D eigenvalue weighted by atomic mass is 32.2. The van der Waals surface area contributed by atoms with Crippen LogP contribution in [0.15, 0.2) is 23.1 Å². The van der Waals surface area contributed by atoms with Gasteiger partial charge in [0.25, 0.3) is 0 Å². The lowest BCUT2D eigenvalue weighted by atomic mass is 10.1. The van der Waals surface area contributed by atoms with Crippen LogP contribution in [-0.4, -0.2) is 48.8 Å². The van der Waals surface area contributed by atoms with E-state index in [0.717, 1.165) is 4.90 Å². The molecule has 0 aliphatic rings. The summed E-state index contributed by atoms with van der Waals surface area (Å²) in [6.45, 7) is 6.77. The maximum atomic E-state index is 12.8. The first kappa shape index (κ1) is 22.5. The lowest BCUT2D eigenvalue weighted by Crippen LogP contribution is -2.25. The number of ketones is 1. The molecular formula is C21H25NO6S. The molecular weight excluding hydrogens is 394 g/mol. The van der Waals surface area contributed by atoms with Gasteiger partial charge >= 0.3 is 11.9 Å². The Labute approximate surface area is 174 Å². The SMILES string of the molecule is CCOC(=O)c1c(C)[nH]c(C(=O)C(C)OC(=O)c2ccc(SC)cc2OC)c1C. The van der Waals surface area contributed by atoms with Crippen LogP contribution in [0.2, 0.25) is 0 Å². The minimum atomic E-state index is -1.06. The molecule has 0 fully saturated rings. The highest BCUT2D eigenvalue weighted by molar-refractivity contribution is 7.98. The summed E-state index contributed by atoms with van der Waals surface area (Å²) in [6, 6.07) is 5.12. The molecule has 8 heteroatoms. The molecule has 1 atom stereocenters. The van der Waals surface area contributed by atoms with Crippen LogP contribution in [0.5, 0.6) is 5.75 Å². The molecule has 1 N–H and O–H groups in total. The molecule has 1 aromatic heterocycles. The number of nitrogens with one attached hydrogen (secondary N) is 1. The van der Waals surface area contributed by atoms with Crippen molar-refractivity contribution in [3.8, 4) is 5.75 Å². The smallest absolute Gasteiger partial charge is 0.342 e. The van der Waals surface area contributed by atoms with Crippen LogP contribution in [0.4, 0.5) is 0 Å². The third-order valence-corrected chi connectivity index (χ3v) is 5.17. The average molecular weight is 419 g/mol. The Hall–Kier alpha value is -2.74. The number of ether oxygens (including phenoxy) is 3. The van der Waals surface area contributed by atoms with Gasteiger partial charge in [-0.15, -0.1) is 11.8 Å². The number of Topliss-reactive ketones (excluding diaryl/α,β-unsaturated/α-hetero) is 1. The molecule has 2 rings (SSSR count). The second kappa shape index (κ2) is 9.65. The van der Waals surface area contributed by atoms with Crippen molar-refractivity contribution in [1.29, 1.82) is 0 Å². The topological polar surface area (TPSA) is 94.7 Å². The standard InChI is InChI=1S/C21H25NO6S/c1-7-27-21(25)17-11(2)18(22-12(17)3)19(23)13(4)28-20(24)15-9-8-14(29-6)10-16(15)26-5/h8-10,13,22H,7H2,1-6H3. The molecule has 0 amide bonds. The normalized spacial score (nSPS) is 11.7. The number of hydrogen-bond donors (Lipinski definition) is 1. The van der Waals surface area contributed by atoms with Crippen LogP contribution in [0.25, 0.3) is 0 Å². The van der Waals surface area contributed by atoms with Gasteiger partial charge in [0.05, 0.1) is 25.0 Å². The molecule has 7 nitrogen and oxygen atoms in total. The molecule has 0 spiro atoms. The van der Waals surface area contributed by atoms with Gasteiger partial charge in [-0.05, 0) is 57.7 Å². The lowest BCUT2D eigenvalue weighted by molar-refractivity contribution is 0.0313. The zero-order valence-corrected chi connectivity index (χ0v) is 18.2. The summed E-state index contributed by atoms with van der Waals surface area (Å²) in [5, 5.41) is 0. The fourth-order valence-electron chi connectivity index (χ4n) is 2.95. The van der Waals surface area contributed by atoms with E-state index in [9.17, 15) is 14.4 Å². The summed E-state index contributed by atoms with van der Waals surface area (Å²) in [5.41, 5.74) is 1.77. The third kappa shape index (κ3) is 4.82. The van der Waals surface area contributed by atoms with Gasteiger partial charge < -0.3 is 19.2 Å². The van der Waals surface area contributed by atoms with Crippen LogP contribution < -0.4 is 4.74 Å². The number of aromatic amines is 1. The second-order valence-electron chi connectivity index (χ2n) is 6.32. The zero-order chi connectivity index (χ0) is 21.7. The van der Waals surface area contributed by atoms with Gasteiger partial charge in [-0.1, -0.05) is 0 Å². The first-order valence-electron chi connectivity index (χ1n) is 9.08. The number of aryl methyl sites for hydroxylation is 1. The fourth-order valence-corrected chi connectivity index (χ4v) is 3.38. The maximum Gasteiger partial charge on any atom is 0.342 e. The summed E-state index contributed by atoms with van der Waals surface area (Å²) in [6.07, 6.45) is 0.859. The Morgan fingerprint density at radius 2 is 1.86 bits per heavy atom. The molecule has 0 aliphatic heterocycles. The van der Waals surface area contributed by atoms with Crippen LogP contribution in [0, 0.1) is 13.8 Å². The van der Waals surface area contributed by atoms with Crippen LogP contribution in [0.3, 0.4) is 0 Å². The second-order valence-corrected chi connectivity index (χ2v) is 7.20. The third-order valence-electron chi connectivity index (χ3n) is 4.45. The average Bonchev–Trinajstić information content (AvgIpc) is 3.00. The highest BCUT2D eigenvalue weighted by Crippen LogP contribution is 2.27. The van der Waals surface area contributed by atoms with Crippen molar-refractivity contribution in [2.75, 3.05) is 20.0 Å². The molecule has 1 heterocycles. The van der Waals surface area contributed by atoms with Crippen molar-refractivity contribution in [2.45, 2.75) is 38.7 Å². The number of benzene rings is 1. The highest BCUT2D eigenvalue weighted by Gasteiger charge is 2.28. The van der Waals surface area contributed by atoms with E-state index < -0.39 is 23.8 Å². The van der Waals surface area contributed by atoms with Crippen molar-refractivity contribution >= 4 is 29.5 Å². The first-order valence-corrected chi connectivity index (χ1v) is 10.3. The number of methoxy groups -OCH3 is 1. The summed E-state index contributed by atoms with van der Waals surface area (Å²) in [4.78, 5) is 41.4. The van der Waals surface area contributed by atoms with E-state index >= 15 is 0 Å². The predicted octanol–water partition coefficient (Wildman–Crippen LogP) is 3.97. The molecule has 0 radical (unpaired) electrons. The number of rotatable bonds is 8. The summed E-state index contributed by atoms with van der Waals surface area (Å²) >= 11 is 1.52. The molecule has 0 saturated heterocycles. The quantitative estimate of drug-likeness (QED) is 0.393. The minimum absolute atomic E-state index is 0.218. The van der Waals surface area contributed by atoms with Crippen LogP contribution >= 0.6 is 11.8 Å². The van der Waals surface area contributed by atoms with Gasteiger partial charge in [-0.25, -0.2) is 9.59 Å². The van der Waals surface area contributed by atoms with Gasteiger partial charge in [-0.3, -0.25) is 4.79 Å². The van der Waals surface area contributed by atoms with E-state index in [1.165, 1.54) is 25.8 Å². The Morgan fingerprint density at radius 1 is 1.17 bits per heavy atom. The van der Waals surface area contributed by atoms with Gasteiger partial charge in [-0.2, -0.15) is 0 Å². The zero-order valence-electron chi connectivity index (χ0n) is 17.4. The predicted molar refractivity (Wildman–Crippen MR) is 110 cm³/mol. The Balaban J connectivity index is 2.23. The Bertz CT molecular complexity index is 933. The summed E-state index contributed by atoms with van der Waals surface area (Å²) in [7, 11) is 1.47. The Kier molecular flexibility index (Phi) is 7.50. The van der Waals surface area contributed by atoms with Gasteiger partial charge in [0.15, 0.2) is 6.10 Å². The van der Waals surface area contributed by atoms with E-state index in [4.69, 9.17) is 14.2 Å². The molecule has 156 valence electrons. The number of hydrogen-bond acceptors (Lipinski definition) is 7. The van der Waals surface area contributed by atoms with E-state index in [2.05, 4.69) is 4.98 Å². The molecule has 2 aromatic rings. The van der Waals surface area contributed by atoms with Gasteiger partial charge in [0.2, 0.25) is 5.78 Å². The molecule has 1 aromatic carbocycles. The van der Waals surface area contributed by atoms with Gasteiger partial charge in [0.1, 0.15) is 11.3 Å². The van der Waals surface area contributed by atoms with Crippen molar-refractivity contribution < 1.29 is 28.6 Å². The number of thioether (sulfide) groups is 1. The van der Waals surface area contributed by atoms with Crippen molar-refractivity contribution in [3.05, 3.63) is 46.3 Å². The van der Waals surface area contributed by atoms with Crippen molar-refractivity contribution in [2.24, 2.45) is 0 Å². The minimum Gasteiger partial charge on any atom is -0.496 e. The summed E-state index contributed by atoms with van der Waals surface area (Å²) in [5.74, 6) is -1.23. The van der Waals surface area contributed by atoms with E-state index in [0.29, 0.717) is 22.6 Å². The molecule has 0 aliphatic carbocycles. The van der Waals surface area contributed by atoms with Crippen molar-refractivity contribution in [1.82, 2.24) is 4.98 Å². The van der Waals surface area contributed by atoms with Crippen LogP contribution in [0.1, 0.15) is 56.3 Å². The molecule has 0 saturated carbocycles. The number of carbonyl (C=O) groups excluding carboxylic acids is 3.